The third-order valence-electron chi connectivity index (χ3n) is 4.87. The number of aromatic nitrogens is 2. The lowest BCUT2D eigenvalue weighted by Crippen LogP contribution is -2.41. The molecule has 1 aliphatic rings. The standard InChI is InChI=1S/C19H22FN3O2/c1-3-14-8-10-22(11-9-14)19(25)18-17(24)12-13(2)23(21-18)16-7-5-4-6-15(16)20/h4-7,12,14H,3,8-11H2,1-2H3. The molecule has 0 N–H and O–H groups in total. The molecule has 3 rings (SSSR count). The highest BCUT2D eigenvalue weighted by Gasteiger charge is 2.26. The highest BCUT2D eigenvalue weighted by molar-refractivity contribution is 5.92. The van der Waals surface area contributed by atoms with Crippen LogP contribution in [0.1, 0.15) is 42.4 Å². The van der Waals surface area contributed by atoms with Gasteiger partial charge in [0.25, 0.3) is 5.91 Å². The van der Waals surface area contributed by atoms with Gasteiger partial charge in [-0.05, 0) is 37.8 Å². The number of hydrogen-bond donors (Lipinski definition) is 0. The van der Waals surface area contributed by atoms with Gasteiger partial charge in [-0.1, -0.05) is 25.5 Å². The van der Waals surface area contributed by atoms with Crippen molar-refractivity contribution in [1.82, 2.24) is 14.7 Å². The van der Waals surface area contributed by atoms with Crippen molar-refractivity contribution in [3.63, 3.8) is 0 Å². The summed E-state index contributed by atoms with van der Waals surface area (Å²) in [6, 6.07) is 7.51. The molecule has 0 radical (unpaired) electrons. The Bertz CT molecular complexity index is 839. The average Bonchev–Trinajstić information content (AvgIpc) is 2.62. The lowest BCUT2D eigenvalue weighted by Gasteiger charge is -2.31. The van der Waals surface area contributed by atoms with E-state index in [1.807, 2.05) is 0 Å². The van der Waals surface area contributed by atoms with Crippen LogP contribution in [-0.4, -0.2) is 33.7 Å². The lowest BCUT2D eigenvalue weighted by atomic mass is 9.94. The highest BCUT2D eigenvalue weighted by Crippen LogP contribution is 2.21. The number of nitrogens with zero attached hydrogens (tertiary/aromatic N) is 3. The number of rotatable bonds is 3. The zero-order chi connectivity index (χ0) is 18.0. The molecule has 0 aliphatic carbocycles. The van der Waals surface area contributed by atoms with Crippen LogP contribution in [0.25, 0.3) is 5.69 Å². The van der Waals surface area contributed by atoms with E-state index in [-0.39, 0.29) is 17.3 Å². The molecule has 6 heteroatoms. The Morgan fingerprint density at radius 1 is 1.28 bits per heavy atom. The molecule has 0 atom stereocenters. The summed E-state index contributed by atoms with van der Waals surface area (Å²) in [6.07, 6.45) is 2.98. The van der Waals surface area contributed by atoms with Gasteiger partial charge in [0.15, 0.2) is 5.69 Å². The average molecular weight is 343 g/mol. The van der Waals surface area contributed by atoms with Crippen LogP contribution in [0.5, 0.6) is 0 Å². The van der Waals surface area contributed by atoms with Gasteiger partial charge < -0.3 is 4.90 Å². The fourth-order valence-corrected chi connectivity index (χ4v) is 3.26. The molecule has 1 aliphatic heterocycles. The van der Waals surface area contributed by atoms with Gasteiger partial charge in [-0.3, -0.25) is 9.59 Å². The second kappa shape index (κ2) is 7.17. The fraction of sp³-hybridized carbons (Fsp3) is 0.421. The van der Waals surface area contributed by atoms with E-state index >= 15 is 0 Å². The van der Waals surface area contributed by atoms with Gasteiger partial charge in [-0.2, -0.15) is 5.10 Å². The zero-order valence-corrected chi connectivity index (χ0v) is 14.5. The molecule has 0 spiro atoms. The molecule has 5 nitrogen and oxygen atoms in total. The van der Waals surface area contributed by atoms with Gasteiger partial charge in [-0.15, -0.1) is 0 Å². The molecule has 2 heterocycles. The number of halogens is 1. The fourth-order valence-electron chi connectivity index (χ4n) is 3.26. The van der Waals surface area contributed by atoms with Gasteiger partial charge in [0.1, 0.15) is 11.5 Å². The molecule has 25 heavy (non-hydrogen) atoms. The molecular weight excluding hydrogens is 321 g/mol. The third-order valence-corrected chi connectivity index (χ3v) is 4.87. The Labute approximate surface area is 146 Å². The number of carbonyl (C=O) groups is 1. The number of para-hydroxylation sites is 1. The summed E-state index contributed by atoms with van der Waals surface area (Å²) in [6.45, 7) is 5.08. The minimum atomic E-state index is -0.455. The first-order chi connectivity index (χ1) is 12.0. The van der Waals surface area contributed by atoms with E-state index in [2.05, 4.69) is 12.0 Å². The number of hydrogen-bond acceptors (Lipinski definition) is 3. The number of amides is 1. The van der Waals surface area contributed by atoms with Gasteiger partial charge in [0, 0.05) is 24.8 Å². The van der Waals surface area contributed by atoms with E-state index in [0.29, 0.717) is 24.7 Å². The maximum Gasteiger partial charge on any atom is 0.278 e. The molecule has 0 bridgehead atoms. The van der Waals surface area contributed by atoms with Crippen LogP contribution >= 0.6 is 0 Å². The van der Waals surface area contributed by atoms with Crippen molar-refractivity contribution in [1.29, 1.82) is 0 Å². The Hall–Kier alpha value is -2.50. The van der Waals surface area contributed by atoms with Crippen molar-refractivity contribution in [3.05, 3.63) is 57.8 Å². The van der Waals surface area contributed by atoms with E-state index < -0.39 is 11.2 Å². The summed E-state index contributed by atoms with van der Waals surface area (Å²) in [5, 5.41) is 4.19. The number of aryl methyl sites for hydroxylation is 1. The number of piperidine rings is 1. The molecule has 1 saturated heterocycles. The van der Waals surface area contributed by atoms with Crippen LogP contribution in [0, 0.1) is 18.7 Å². The molecule has 1 fully saturated rings. The number of carbonyl (C=O) groups excluding carboxylic acids is 1. The normalized spacial score (nSPS) is 15.4. The maximum atomic E-state index is 14.1. The summed E-state index contributed by atoms with van der Waals surface area (Å²) in [5.41, 5.74) is 0.131. The summed E-state index contributed by atoms with van der Waals surface area (Å²) in [7, 11) is 0. The van der Waals surface area contributed by atoms with Crippen molar-refractivity contribution in [2.45, 2.75) is 33.1 Å². The first-order valence-electron chi connectivity index (χ1n) is 8.66. The van der Waals surface area contributed by atoms with Crippen molar-refractivity contribution in [3.8, 4) is 5.69 Å². The second-order valence-electron chi connectivity index (χ2n) is 6.51. The highest BCUT2D eigenvalue weighted by atomic mass is 19.1. The van der Waals surface area contributed by atoms with Gasteiger partial charge >= 0.3 is 0 Å². The second-order valence-corrected chi connectivity index (χ2v) is 6.51. The van der Waals surface area contributed by atoms with Crippen LogP contribution in [0.3, 0.4) is 0 Å². The predicted octanol–water partition coefficient (Wildman–Crippen LogP) is 2.94. The summed E-state index contributed by atoms with van der Waals surface area (Å²) < 4.78 is 15.4. The molecule has 0 saturated carbocycles. The molecule has 132 valence electrons. The van der Waals surface area contributed by atoms with Crippen LogP contribution in [-0.2, 0) is 0 Å². The van der Waals surface area contributed by atoms with Gasteiger partial charge in [0.2, 0.25) is 5.43 Å². The van der Waals surface area contributed by atoms with Crippen molar-refractivity contribution in [2.75, 3.05) is 13.1 Å². The molecular formula is C19H22FN3O2. The van der Waals surface area contributed by atoms with E-state index in [1.54, 1.807) is 30.0 Å². The third kappa shape index (κ3) is 3.48. The molecule has 1 amide bonds. The largest absolute Gasteiger partial charge is 0.337 e. The summed E-state index contributed by atoms with van der Waals surface area (Å²) in [5.74, 6) is -0.196. The molecule has 2 aromatic rings. The quantitative estimate of drug-likeness (QED) is 0.861. The van der Waals surface area contributed by atoms with Crippen molar-refractivity contribution in [2.24, 2.45) is 5.92 Å². The lowest BCUT2D eigenvalue weighted by molar-refractivity contribution is 0.0679. The number of likely N-dealkylation sites (tertiary alicyclic amines) is 1. The van der Waals surface area contributed by atoms with Crippen LogP contribution in [0.2, 0.25) is 0 Å². The van der Waals surface area contributed by atoms with Gasteiger partial charge in [0.05, 0.1) is 0 Å². The van der Waals surface area contributed by atoms with Crippen molar-refractivity contribution >= 4 is 5.91 Å². The van der Waals surface area contributed by atoms with Crippen molar-refractivity contribution < 1.29 is 9.18 Å². The smallest absolute Gasteiger partial charge is 0.278 e. The van der Waals surface area contributed by atoms with E-state index in [0.717, 1.165) is 19.3 Å². The first kappa shape index (κ1) is 17.3. The predicted molar refractivity (Wildman–Crippen MR) is 93.4 cm³/mol. The molecule has 1 aromatic heterocycles. The summed E-state index contributed by atoms with van der Waals surface area (Å²) in [4.78, 5) is 26.7. The minimum Gasteiger partial charge on any atom is -0.337 e. The first-order valence-corrected chi connectivity index (χ1v) is 8.66. The van der Waals surface area contributed by atoms with E-state index in [9.17, 15) is 14.0 Å². The Morgan fingerprint density at radius 2 is 1.96 bits per heavy atom. The topological polar surface area (TPSA) is 55.2 Å². The number of benzene rings is 1. The summed E-state index contributed by atoms with van der Waals surface area (Å²) >= 11 is 0. The van der Waals surface area contributed by atoms with Crippen LogP contribution < -0.4 is 5.43 Å². The van der Waals surface area contributed by atoms with E-state index in [4.69, 9.17) is 0 Å². The van der Waals surface area contributed by atoms with Crippen LogP contribution in [0.15, 0.2) is 35.1 Å². The Balaban J connectivity index is 1.95. The van der Waals surface area contributed by atoms with Gasteiger partial charge in [-0.25, -0.2) is 9.07 Å². The SMILES string of the molecule is CCC1CCN(C(=O)c2nn(-c3ccccc3F)c(C)cc2=O)CC1. The monoisotopic (exact) mass is 343 g/mol. The maximum absolute atomic E-state index is 14.1. The Morgan fingerprint density at radius 3 is 2.60 bits per heavy atom. The molecule has 1 aromatic carbocycles. The van der Waals surface area contributed by atoms with Crippen LogP contribution in [0.4, 0.5) is 4.39 Å². The van der Waals surface area contributed by atoms with E-state index in [1.165, 1.54) is 16.8 Å². The Kier molecular flexibility index (Phi) is 4.97. The molecule has 0 unspecified atom stereocenters. The zero-order valence-electron chi connectivity index (χ0n) is 14.5. The minimum absolute atomic E-state index is 0.149.